The summed E-state index contributed by atoms with van der Waals surface area (Å²) in [5, 5.41) is 8.79. The van der Waals surface area contributed by atoms with Crippen LogP contribution < -0.4 is 5.32 Å². The minimum Gasteiger partial charge on any atom is -0.364 e. The minimum atomic E-state index is 0.604. The number of rotatable bonds is 4. The fourth-order valence-corrected chi connectivity index (χ4v) is 3.05. The number of pyridine rings is 2. The van der Waals surface area contributed by atoms with Crippen molar-refractivity contribution >= 4 is 22.5 Å². The molecule has 0 saturated carbocycles. The summed E-state index contributed by atoms with van der Waals surface area (Å²) in [6.07, 6.45) is 9.18. The molecular formula is C19H15N7. The first-order valence-corrected chi connectivity index (χ1v) is 8.29. The van der Waals surface area contributed by atoms with Crippen molar-refractivity contribution in [1.29, 1.82) is 0 Å². The van der Waals surface area contributed by atoms with E-state index in [9.17, 15) is 0 Å². The van der Waals surface area contributed by atoms with Gasteiger partial charge in [0.05, 0.1) is 18.4 Å². The molecule has 126 valence electrons. The molecule has 0 radical (unpaired) electrons. The number of fused-ring (bicyclic) bond motifs is 2. The van der Waals surface area contributed by atoms with Crippen molar-refractivity contribution in [3.05, 3.63) is 73.1 Å². The number of nitrogens with zero attached hydrogens (tertiary/aromatic N) is 5. The Bertz CT molecular complexity index is 1190. The largest absolute Gasteiger partial charge is 0.364 e. The lowest BCUT2D eigenvalue weighted by Gasteiger charge is -2.08. The molecule has 7 nitrogen and oxygen atoms in total. The van der Waals surface area contributed by atoms with Crippen molar-refractivity contribution < 1.29 is 0 Å². The first-order valence-electron chi connectivity index (χ1n) is 8.29. The molecule has 0 aliphatic carbocycles. The zero-order valence-electron chi connectivity index (χ0n) is 13.8. The minimum absolute atomic E-state index is 0.604. The summed E-state index contributed by atoms with van der Waals surface area (Å²) in [7, 11) is 0. The van der Waals surface area contributed by atoms with Gasteiger partial charge in [-0.05, 0) is 30.3 Å². The van der Waals surface area contributed by atoms with E-state index in [1.807, 2.05) is 55.0 Å². The van der Waals surface area contributed by atoms with Gasteiger partial charge in [-0.1, -0.05) is 6.07 Å². The van der Waals surface area contributed by atoms with Gasteiger partial charge in [0, 0.05) is 41.3 Å². The Morgan fingerprint density at radius 3 is 2.92 bits per heavy atom. The predicted molar refractivity (Wildman–Crippen MR) is 99.6 cm³/mol. The number of aromatic amines is 1. The maximum absolute atomic E-state index is 4.66. The number of hydrogen-bond acceptors (Lipinski definition) is 5. The van der Waals surface area contributed by atoms with E-state index >= 15 is 0 Å². The number of nitrogens with one attached hydrogen (secondary N) is 2. The molecule has 0 aliphatic heterocycles. The highest BCUT2D eigenvalue weighted by Gasteiger charge is 2.14. The molecule has 7 heteroatoms. The molecule has 5 rings (SSSR count). The molecule has 0 atom stereocenters. The third-order valence-electron chi connectivity index (χ3n) is 4.27. The van der Waals surface area contributed by atoms with Crippen molar-refractivity contribution in [2.24, 2.45) is 0 Å². The first kappa shape index (κ1) is 14.6. The second kappa shape index (κ2) is 5.96. The Morgan fingerprint density at radius 1 is 1.04 bits per heavy atom. The van der Waals surface area contributed by atoms with E-state index < -0.39 is 0 Å². The highest BCUT2D eigenvalue weighted by atomic mass is 15.2. The first-order chi connectivity index (χ1) is 12.9. The van der Waals surface area contributed by atoms with E-state index in [-0.39, 0.29) is 0 Å². The van der Waals surface area contributed by atoms with Crippen LogP contribution in [-0.2, 0) is 6.54 Å². The summed E-state index contributed by atoms with van der Waals surface area (Å²) in [4.78, 5) is 16.7. The van der Waals surface area contributed by atoms with Gasteiger partial charge >= 0.3 is 0 Å². The van der Waals surface area contributed by atoms with Crippen LogP contribution >= 0.6 is 0 Å². The molecule has 0 aliphatic rings. The van der Waals surface area contributed by atoms with E-state index in [1.54, 1.807) is 16.9 Å². The highest BCUT2D eigenvalue weighted by molar-refractivity contribution is 5.98. The molecule has 0 amide bonds. The number of aromatic nitrogens is 6. The van der Waals surface area contributed by atoms with Crippen LogP contribution in [-0.4, -0.2) is 29.5 Å². The molecule has 0 aromatic carbocycles. The molecule has 0 bridgehead atoms. The third-order valence-corrected chi connectivity index (χ3v) is 4.27. The smallest absolute Gasteiger partial charge is 0.162 e. The number of H-pyrrole nitrogens is 1. The van der Waals surface area contributed by atoms with Gasteiger partial charge in [-0.25, -0.2) is 14.5 Å². The van der Waals surface area contributed by atoms with Gasteiger partial charge in [0.1, 0.15) is 11.5 Å². The Morgan fingerprint density at radius 2 is 2.00 bits per heavy atom. The van der Waals surface area contributed by atoms with Crippen LogP contribution in [0.25, 0.3) is 27.8 Å². The molecule has 0 spiro atoms. The van der Waals surface area contributed by atoms with E-state index in [4.69, 9.17) is 0 Å². The predicted octanol–water partition coefficient (Wildman–Crippen LogP) is 3.28. The zero-order chi connectivity index (χ0) is 17.3. The number of anilines is 1. The molecule has 0 saturated heterocycles. The second-order valence-electron chi connectivity index (χ2n) is 5.92. The topological polar surface area (TPSA) is 83.8 Å². The van der Waals surface area contributed by atoms with Gasteiger partial charge in [0.2, 0.25) is 0 Å². The quantitative estimate of drug-likeness (QED) is 0.524. The normalized spacial score (nSPS) is 11.2. The highest BCUT2D eigenvalue weighted by Crippen LogP contribution is 2.31. The van der Waals surface area contributed by atoms with Crippen molar-refractivity contribution in [2.45, 2.75) is 6.54 Å². The van der Waals surface area contributed by atoms with E-state index in [2.05, 4.69) is 30.4 Å². The average Bonchev–Trinajstić information content (AvgIpc) is 3.33. The van der Waals surface area contributed by atoms with Gasteiger partial charge in [-0.2, -0.15) is 5.10 Å². The maximum Gasteiger partial charge on any atom is 0.162 e. The standard InChI is InChI=1S/C19H15N7/c1-2-6-20-13(4-1)11-23-17-10-15(14-5-8-21-18(14)25-17)16-12-24-26-9-3-7-22-19(16)26/h1-10,12H,11H2,(H2,21,23,25). The van der Waals surface area contributed by atoms with Gasteiger partial charge in [0.25, 0.3) is 0 Å². The summed E-state index contributed by atoms with van der Waals surface area (Å²) < 4.78 is 1.77. The molecular weight excluding hydrogens is 326 g/mol. The lowest BCUT2D eigenvalue weighted by atomic mass is 10.1. The summed E-state index contributed by atoms with van der Waals surface area (Å²) >= 11 is 0. The lowest BCUT2D eigenvalue weighted by molar-refractivity contribution is 0.939. The second-order valence-corrected chi connectivity index (χ2v) is 5.92. The van der Waals surface area contributed by atoms with E-state index in [0.717, 1.165) is 39.3 Å². The maximum atomic E-state index is 4.66. The van der Waals surface area contributed by atoms with Crippen LogP contribution in [0.5, 0.6) is 0 Å². The average molecular weight is 341 g/mol. The molecule has 5 aromatic heterocycles. The van der Waals surface area contributed by atoms with Gasteiger partial charge in [-0.3, -0.25) is 4.98 Å². The SMILES string of the molecule is c1ccc(CNc2cc(-c3cnn4cccnc34)c3cc[nH]c3n2)nc1. The van der Waals surface area contributed by atoms with Gasteiger partial charge in [0.15, 0.2) is 5.65 Å². The van der Waals surface area contributed by atoms with Crippen LogP contribution in [0, 0.1) is 0 Å². The third kappa shape index (κ3) is 2.46. The summed E-state index contributed by atoms with van der Waals surface area (Å²) in [6, 6.07) is 11.8. The Kier molecular flexibility index (Phi) is 3.35. The Balaban J connectivity index is 1.59. The molecule has 0 unspecified atom stereocenters. The molecule has 26 heavy (non-hydrogen) atoms. The van der Waals surface area contributed by atoms with E-state index in [1.165, 1.54) is 0 Å². The molecule has 0 fully saturated rings. The van der Waals surface area contributed by atoms with Crippen molar-refractivity contribution in [1.82, 2.24) is 29.5 Å². The van der Waals surface area contributed by atoms with Crippen LogP contribution in [0.15, 0.2) is 67.4 Å². The monoisotopic (exact) mass is 341 g/mol. The molecule has 2 N–H and O–H groups in total. The number of hydrogen-bond donors (Lipinski definition) is 2. The zero-order valence-corrected chi connectivity index (χ0v) is 13.8. The fourth-order valence-electron chi connectivity index (χ4n) is 3.05. The summed E-state index contributed by atoms with van der Waals surface area (Å²) in [5.41, 5.74) is 4.60. The van der Waals surface area contributed by atoms with Crippen LogP contribution in [0.2, 0.25) is 0 Å². The van der Waals surface area contributed by atoms with Crippen LogP contribution in [0.3, 0.4) is 0 Å². The van der Waals surface area contributed by atoms with Crippen molar-refractivity contribution in [2.75, 3.05) is 5.32 Å². The Labute approximate surface area is 148 Å². The van der Waals surface area contributed by atoms with Gasteiger partial charge in [-0.15, -0.1) is 0 Å². The van der Waals surface area contributed by atoms with Crippen LogP contribution in [0.4, 0.5) is 5.82 Å². The Hall–Kier alpha value is -3.74. The summed E-state index contributed by atoms with van der Waals surface area (Å²) in [6.45, 7) is 0.604. The van der Waals surface area contributed by atoms with Crippen molar-refractivity contribution in [3.8, 4) is 11.1 Å². The summed E-state index contributed by atoms with van der Waals surface area (Å²) in [5.74, 6) is 0.774. The van der Waals surface area contributed by atoms with Crippen LogP contribution in [0.1, 0.15) is 5.69 Å². The molecule has 5 heterocycles. The molecule has 5 aromatic rings. The van der Waals surface area contributed by atoms with E-state index in [0.29, 0.717) is 6.54 Å². The lowest BCUT2D eigenvalue weighted by Crippen LogP contribution is -2.03. The van der Waals surface area contributed by atoms with Gasteiger partial charge < -0.3 is 10.3 Å². The van der Waals surface area contributed by atoms with Crippen molar-refractivity contribution in [3.63, 3.8) is 0 Å². The fraction of sp³-hybridized carbons (Fsp3) is 0.0526.